The smallest absolute Gasteiger partial charge is 0.376 e. The second-order valence-corrected chi connectivity index (χ2v) is 2.94. The Hall–Kier alpha value is -2.18. The van der Waals surface area contributed by atoms with Crippen molar-refractivity contribution in [2.24, 2.45) is 0 Å². The first kappa shape index (κ1) is 11.9. The van der Waals surface area contributed by atoms with E-state index in [1.807, 2.05) is 0 Å². The van der Waals surface area contributed by atoms with Gasteiger partial charge in [-0.15, -0.1) is 0 Å². The maximum atomic E-state index is 11.1. The summed E-state index contributed by atoms with van der Waals surface area (Å²) in [5.74, 6) is -1.80. The van der Waals surface area contributed by atoms with E-state index in [1.165, 1.54) is 25.3 Å². The summed E-state index contributed by atoms with van der Waals surface area (Å²) >= 11 is 0. The Labute approximate surface area is 90.9 Å². The van der Waals surface area contributed by atoms with E-state index in [0.717, 1.165) is 0 Å². The first-order chi connectivity index (χ1) is 7.56. The molecule has 0 fully saturated rings. The number of hydrogen-bond acceptors (Lipinski definition) is 6. The topological polar surface area (TPSA) is 98.5 Å². The van der Waals surface area contributed by atoms with Gasteiger partial charge in [0.15, 0.2) is 0 Å². The van der Waals surface area contributed by atoms with Crippen LogP contribution in [0, 0.1) is 10.1 Å². The van der Waals surface area contributed by atoms with Crippen LogP contribution in [0.1, 0.15) is 13.3 Å². The third-order valence-electron chi connectivity index (χ3n) is 1.86. The first-order valence-electron chi connectivity index (χ1n) is 4.57. The van der Waals surface area contributed by atoms with E-state index in [9.17, 15) is 19.7 Å². The molecule has 16 heavy (non-hydrogen) atoms. The van der Waals surface area contributed by atoms with Crippen LogP contribution in [0.15, 0.2) is 24.0 Å². The Bertz CT molecular complexity index is 385. The van der Waals surface area contributed by atoms with E-state index in [-0.39, 0.29) is 12.1 Å². The van der Waals surface area contributed by atoms with Crippen molar-refractivity contribution in [3.8, 4) is 0 Å². The molecule has 1 unspecified atom stereocenters. The predicted octanol–water partition coefficient (Wildman–Crippen LogP) is 0.112. The van der Waals surface area contributed by atoms with Crippen molar-refractivity contribution in [3.05, 3.63) is 34.2 Å². The number of esters is 1. The summed E-state index contributed by atoms with van der Waals surface area (Å²) in [6, 6.07) is 0. The molecular weight excluding hydrogens is 216 g/mol. The molecule has 1 atom stereocenters. The highest BCUT2D eigenvalue weighted by Gasteiger charge is 2.30. The van der Waals surface area contributed by atoms with E-state index in [4.69, 9.17) is 0 Å². The molecule has 1 aliphatic heterocycles. The van der Waals surface area contributed by atoms with Crippen LogP contribution in [-0.4, -0.2) is 22.9 Å². The molecule has 1 rings (SSSR count). The zero-order valence-corrected chi connectivity index (χ0v) is 8.50. The number of allylic oxidation sites excluding steroid dienone is 2. The van der Waals surface area contributed by atoms with E-state index in [0.29, 0.717) is 0 Å². The zero-order chi connectivity index (χ0) is 12.1. The van der Waals surface area contributed by atoms with Gasteiger partial charge in [-0.05, 0) is 6.08 Å². The Kier molecular flexibility index (Phi) is 3.76. The summed E-state index contributed by atoms with van der Waals surface area (Å²) in [4.78, 5) is 32.0. The fourth-order valence-electron chi connectivity index (χ4n) is 1.03. The van der Waals surface area contributed by atoms with Crippen LogP contribution in [0.5, 0.6) is 0 Å². The normalized spacial score (nSPS) is 18.3. The Morgan fingerprint density at radius 2 is 2.31 bits per heavy atom. The summed E-state index contributed by atoms with van der Waals surface area (Å²) in [5.41, 5.74) is -0.320. The first-order valence-corrected chi connectivity index (χ1v) is 4.57. The van der Waals surface area contributed by atoms with Gasteiger partial charge in [0.25, 0.3) is 6.23 Å². The molecular formula is C9H10N2O5. The molecule has 0 bridgehead atoms. The predicted molar refractivity (Wildman–Crippen MR) is 52.5 cm³/mol. The molecule has 1 heterocycles. The molecule has 0 aromatic carbocycles. The van der Waals surface area contributed by atoms with Gasteiger partial charge in [-0.3, -0.25) is 14.9 Å². The molecule has 86 valence electrons. The number of rotatable bonds is 4. The van der Waals surface area contributed by atoms with Gasteiger partial charge in [-0.2, -0.15) is 0 Å². The fourth-order valence-corrected chi connectivity index (χ4v) is 1.03. The lowest BCUT2D eigenvalue weighted by Gasteiger charge is -2.16. The summed E-state index contributed by atoms with van der Waals surface area (Å²) in [6.45, 7) is 1.50. The summed E-state index contributed by atoms with van der Waals surface area (Å²) in [7, 11) is 0. The molecule has 0 aliphatic carbocycles. The second kappa shape index (κ2) is 5.06. The molecule has 7 heteroatoms. The van der Waals surface area contributed by atoms with Crippen molar-refractivity contribution in [2.45, 2.75) is 19.6 Å². The number of dihydropyridines is 1. The molecule has 0 amide bonds. The Morgan fingerprint density at radius 3 is 2.88 bits per heavy atom. The lowest BCUT2D eigenvalue weighted by Crippen LogP contribution is -2.38. The number of carbonyl (C=O) groups excluding carboxylic acids is 2. The number of nitrogens with zero attached hydrogens (tertiary/aromatic N) is 1. The molecule has 0 aromatic heterocycles. The number of carbonyl (C=O) groups is 2. The minimum Gasteiger partial charge on any atom is -0.425 e. The lowest BCUT2D eigenvalue weighted by atomic mass is 10.3. The van der Waals surface area contributed by atoms with Gasteiger partial charge in [0.1, 0.15) is 0 Å². The average molecular weight is 226 g/mol. The van der Waals surface area contributed by atoms with Gasteiger partial charge >= 0.3 is 11.7 Å². The van der Waals surface area contributed by atoms with Crippen LogP contribution >= 0.6 is 0 Å². The third kappa shape index (κ3) is 2.66. The maximum absolute atomic E-state index is 11.1. The van der Waals surface area contributed by atoms with Gasteiger partial charge in [-0.1, -0.05) is 6.92 Å². The van der Waals surface area contributed by atoms with Crippen molar-refractivity contribution in [1.29, 1.82) is 0 Å². The lowest BCUT2D eigenvalue weighted by molar-refractivity contribution is -0.437. The molecule has 1 N–H and O–H groups in total. The molecule has 0 aromatic rings. The molecule has 0 spiro atoms. The fraction of sp³-hybridized carbons (Fsp3) is 0.333. The highest BCUT2D eigenvalue weighted by Crippen LogP contribution is 2.10. The van der Waals surface area contributed by atoms with Crippen LogP contribution in [0.2, 0.25) is 0 Å². The summed E-state index contributed by atoms with van der Waals surface area (Å²) in [5, 5.41) is 13.0. The van der Waals surface area contributed by atoms with E-state index in [2.05, 4.69) is 10.1 Å². The standard InChI is InChI=1S/C9H10N2O5/c1-2-7(12)9(13)16-8-6(11(14)15)4-3-5-10-8/h3-5,8,10H,2H2,1H3. The van der Waals surface area contributed by atoms with Crippen molar-refractivity contribution in [2.75, 3.05) is 0 Å². The van der Waals surface area contributed by atoms with Crippen LogP contribution in [0.25, 0.3) is 0 Å². The van der Waals surface area contributed by atoms with Crippen LogP contribution < -0.4 is 5.32 Å². The van der Waals surface area contributed by atoms with E-state index < -0.39 is 22.9 Å². The van der Waals surface area contributed by atoms with Crippen LogP contribution in [0.3, 0.4) is 0 Å². The van der Waals surface area contributed by atoms with Crippen molar-refractivity contribution in [3.63, 3.8) is 0 Å². The zero-order valence-electron chi connectivity index (χ0n) is 8.50. The van der Waals surface area contributed by atoms with Crippen molar-refractivity contribution in [1.82, 2.24) is 5.32 Å². The second-order valence-electron chi connectivity index (χ2n) is 2.94. The number of Topliss-reactive ketones (excluding diaryl/α,β-unsaturated/α-hetero) is 1. The average Bonchev–Trinajstić information content (AvgIpc) is 2.28. The Balaban J connectivity index is 2.71. The Morgan fingerprint density at radius 1 is 1.62 bits per heavy atom. The van der Waals surface area contributed by atoms with Gasteiger partial charge in [0.2, 0.25) is 5.78 Å². The third-order valence-corrected chi connectivity index (χ3v) is 1.86. The van der Waals surface area contributed by atoms with Crippen molar-refractivity contribution >= 4 is 11.8 Å². The van der Waals surface area contributed by atoms with E-state index >= 15 is 0 Å². The highest BCUT2D eigenvalue weighted by molar-refractivity contribution is 6.33. The van der Waals surface area contributed by atoms with Crippen molar-refractivity contribution < 1.29 is 19.2 Å². The van der Waals surface area contributed by atoms with Gasteiger partial charge < -0.3 is 10.1 Å². The molecule has 0 radical (unpaired) electrons. The molecule has 0 saturated carbocycles. The van der Waals surface area contributed by atoms with Gasteiger partial charge in [0.05, 0.1) is 4.92 Å². The number of nitrogens with one attached hydrogen (secondary N) is 1. The highest BCUT2D eigenvalue weighted by atomic mass is 16.6. The van der Waals surface area contributed by atoms with Gasteiger partial charge in [0, 0.05) is 18.7 Å². The minimum atomic E-state index is -1.22. The molecule has 0 saturated heterocycles. The number of ether oxygens (including phenoxy) is 1. The maximum Gasteiger partial charge on any atom is 0.376 e. The van der Waals surface area contributed by atoms with E-state index in [1.54, 1.807) is 0 Å². The monoisotopic (exact) mass is 226 g/mol. The summed E-state index contributed by atoms with van der Waals surface area (Å²) in [6.07, 6.45) is 2.78. The molecule has 7 nitrogen and oxygen atoms in total. The number of hydrogen-bond donors (Lipinski definition) is 1. The largest absolute Gasteiger partial charge is 0.425 e. The number of ketones is 1. The summed E-state index contributed by atoms with van der Waals surface area (Å²) < 4.78 is 4.66. The minimum absolute atomic E-state index is 0.00109. The van der Waals surface area contributed by atoms with Gasteiger partial charge in [-0.25, -0.2) is 4.79 Å². The molecule has 1 aliphatic rings. The quantitative estimate of drug-likeness (QED) is 0.316. The van der Waals surface area contributed by atoms with Crippen LogP contribution in [0.4, 0.5) is 0 Å². The SMILES string of the molecule is CCC(=O)C(=O)OC1NC=CC=C1[N+](=O)[O-]. The van der Waals surface area contributed by atoms with Crippen LogP contribution in [-0.2, 0) is 14.3 Å². The number of nitro groups is 1.